The van der Waals surface area contributed by atoms with Crippen LogP contribution in [-0.2, 0) is 11.3 Å². The maximum atomic E-state index is 11.1. The minimum atomic E-state index is -0.855. The highest BCUT2D eigenvalue weighted by Crippen LogP contribution is 2.12. The Morgan fingerprint density at radius 3 is 2.63 bits per heavy atom. The van der Waals surface area contributed by atoms with Gasteiger partial charge in [0.05, 0.1) is 6.54 Å². The summed E-state index contributed by atoms with van der Waals surface area (Å²) in [7, 11) is 0. The van der Waals surface area contributed by atoms with Crippen molar-refractivity contribution in [2.45, 2.75) is 32.9 Å². The van der Waals surface area contributed by atoms with Crippen LogP contribution in [0.25, 0.3) is 0 Å². The van der Waals surface area contributed by atoms with Gasteiger partial charge in [-0.05, 0) is 31.0 Å². The van der Waals surface area contributed by atoms with Crippen LogP contribution in [0.5, 0.6) is 0 Å². The van der Waals surface area contributed by atoms with E-state index in [9.17, 15) is 9.59 Å². The number of hydrogen-bond acceptors (Lipinski definition) is 3. The monoisotopic (exact) mass is 264 g/mol. The molecule has 1 amide bonds. The average molecular weight is 264 g/mol. The third-order valence-electron chi connectivity index (χ3n) is 3.15. The third kappa shape index (κ3) is 4.71. The molecule has 0 fully saturated rings. The first kappa shape index (κ1) is 15.2. The first-order valence-electron chi connectivity index (χ1n) is 6.28. The molecule has 0 aliphatic heterocycles. The molecule has 0 bridgehead atoms. The SMILES string of the molecule is CCC(C)N(CC(=O)O)Cc1cccc(C(N)=O)c1. The standard InChI is InChI=1S/C14H20N2O3/c1-3-10(2)16(9-13(17)18)8-11-5-4-6-12(7-11)14(15)19/h4-7,10H,3,8-9H2,1-2H3,(H2,15,19)(H,17,18). The van der Waals surface area contributed by atoms with Crippen LogP contribution in [-0.4, -0.2) is 34.5 Å². The number of nitrogens with zero attached hydrogens (tertiary/aromatic N) is 1. The van der Waals surface area contributed by atoms with Crippen molar-refractivity contribution >= 4 is 11.9 Å². The Balaban J connectivity index is 2.86. The van der Waals surface area contributed by atoms with Crippen LogP contribution in [0.15, 0.2) is 24.3 Å². The van der Waals surface area contributed by atoms with Crippen LogP contribution in [0, 0.1) is 0 Å². The first-order chi connectivity index (χ1) is 8.93. The molecule has 3 N–H and O–H groups in total. The highest BCUT2D eigenvalue weighted by molar-refractivity contribution is 5.92. The second-order valence-electron chi connectivity index (χ2n) is 4.62. The smallest absolute Gasteiger partial charge is 0.317 e. The molecule has 1 aromatic carbocycles. The van der Waals surface area contributed by atoms with Gasteiger partial charge in [0.1, 0.15) is 0 Å². The largest absolute Gasteiger partial charge is 0.480 e. The molecule has 0 aliphatic carbocycles. The van der Waals surface area contributed by atoms with E-state index in [0.717, 1.165) is 12.0 Å². The molecule has 0 spiro atoms. The van der Waals surface area contributed by atoms with Gasteiger partial charge in [0.15, 0.2) is 0 Å². The van der Waals surface area contributed by atoms with E-state index in [2.05, 4.69) is 0 Å². The molecular weight excluding hydrogens is 244 g/mol. The Bertz CT molecular complexity index is 460. The lowest BCUT2D eigenvalue weighted by atomic mass is 10.1. The van der Waals surface area contributed by atoms with Crippen molar-refractivity contribution in [1.82, 2.24) is 4.90 Å². The molecule has 0 aromatic heterocycles. The van der Waals surface area contributed by atoms with Gasteiger partial charge in [-0.25, -0.2) is 0 Å². The zero-order valence-electron chi connectivity index (χ0n) is 11.3. The number of hydrogen-bond donors (Lipinski definition) is 2. The minimum Gasteiger partial charge on any atom is -0.480 e. The van der Waals surface area contributed by atoms with E-state index in [1.807, 2.05) is 24.8 Å². The number of benzene rings is 1. The van der Waals surface area contributed by atoms with E-state index in [1.54, 1.807) is 18.2 Å². The van der Waals surface area contributed by atoms with Gasteiger partial charge < -0.3 is 10.8 Å². The zero-order valence-corrected chi connectivity index (χ0v) is 11.3. The number of carbonyl (C=O) groups is 2. The Hall–Kier alpha value is -1.88. The van der Waals surface area contributed by atoms with Crippen molar-refractivity contribution in [3.05, 3.63) is 35.4 Å². The van der Waals surface area contributed by atoms with Gasteiger partial charge in [0, 0.05) is 18.2 Å². The molecule has 0 aliphatic rings. The minimum absolute atomic E-state index is 0.0180. The Morgan fingerprint density at radius 2 is 2.11 bits per heavy atom. The van der Waals surface area contributed by atoms with Crippen LogP contribution in [0.2, 0.25) is 0 Å². The van der Waals surface area contributed by atoms with Gasteiger partial charge in [-0.3, -0.25) is 14.5 Å². The van der Waals surface area contributed by atoms with E-state index in [1.165, 1.54) is 0 Å². The van der Waals surface area contributed by atoms with Crippen LogP contribution in [0.4, 0.5) is 0 Å². The molecule has 0 heterocycles. The third-order valence-corrected chi connectivity index (χ3v) is 3.15. The molecule has 0 radical (unpaired) electrons. The summed E-state index contributed by atoms with van der Waals surface area (Å²) in [4.78, 5) is 23.9. The molecular formula is C14H20N2O3. The number of carbonyl (C=O) groups excluding carboxylic acids is 1. The lowest BCUT2D eigenvalue weighted by Gasteiger charge is -2.26. The summed E-state index contributed by atoms with van der Waals surface area (Å²) in [6.45, 7) is 4.47. The van der Waals surface area contributed by atoms with Gasteiger partial charge in [0.25, 0.3) is 0 Å². The van der Waals surface area contributed by atoms with Crippen LogP contribution < -0.4 is 5.73 Å². The fourth-order valence-corrected chi connectivity index (χ4v) is 1.86. The molecule has 0 saturated heterocycles. The van der Waals surface area contributed by atoms with Gasteiger partial charge in [-0.1, -0.05) is 19.1 Å². The van der Waals surface area contributed by atoms with Crippen molar-refractivity contribution in [3.8, 4) is 0 Å². The summed E-state index contributed by atoms with van der Waals surface area (Å²) >= 11 is 0. The van der Waals surface area contributed by atoms with Crippen molar-refractivity contribution in [3.63, 3.8) is 0 Å². The molecule has 5 nitrogen and oxygen atoms in total. The predicted octanol–water partition coefficient (Wildman–Crippen LogP) is 1.47. The molecule has 104 valence electrons. The van der Waals surface area contributed by atoms with E-state index < -0.39 is 11.9 Å². The van der Waals surface area contributed by atoms with Crippen LogP contribution >= 0.6 is 0 Å². The van der Waals surface area contributed by atoms with Crippen molar-refractivity contribution in [1.29, 1.82) is 0 Å². The summed E-state index contributed by atoms with van der Waals surface area (Å²) in [5, 5.41) is 8.93. The van der Waals surface area contributed by atoms with Gasteiger partial charge in [0.2, 0.25) is 5.91 Å². The Morgan fingerprint density at radius 1 is 1.42 bits per heavy atom. The van der Waals surface area contributed by atoms with Crippen molar-refractivity contribution in [2.24, 2.45) is 5.73 Å². The van der Waals surface area contributed by atoms with E-state index >= 15 is 0 Å². The normalized spacial score (nSPS) is 12.4. The van der Waals surface area contributed by atoms with Crippen molar-refractivity contribution in [2.75, 3.05) is 6.54 Å². The quantitative estimate of drug-likeness (QED) is 0.781. The number of aliphatic carboxylic acids is 1. The molecule has 1 unspecified atom stereocenters. The maximum Gasteiger partial charge on any atom is 0.317 e. The lowest BCUT2D eigenvalue weighted by molar-refractivity contribution is -0.139. The first-order valence-corrected chi connectivity index (χ1v) is 6.28. The average Bonchev–Trinajstić information content (AvgIpc) is 2.36. The van der Waals surface area contributed by atoms with Crippen LogP contribution in [0.3, 0.4) is 0 Å². The Kier molecular flexibility index (Phi) is 5.51. The number of carboxylic acids is 1. The highest BCUT2D eigenvalue weighted by Gasteiger charge is 2.16. The fourth-order valence-electron chi connectivity index (χ4n) is 1.86. The molecule has 1 atom stereocenters. The molecule has 0 saturated carbocycles. The maximum absolute atomic E-state index is 11.1. The molecule has 1 rings (SSSR count). The summed E-state index contributed by atoms with van der Waals surface area (Å²) in [6.07, 6.45) is 0.864. The second-order valence-corrected chi connectivity index (χ2v) is 4.62. The summed E-state index contributed by atoms with van der Waals surface area (Å²) in [5.41, 5.74) is 6.56. The number of carboxylic acid groups (broad SMARTS) is 1. The lowest BCUT2D eigenvalue weighted by Crippen LogP contribution is -2.36. The summed E-state index contributed by atoms with van der Waals surface area (Å²) in [5.74, 6) is -1.33. The topological polar surface area (TPSA) is 83.6 Å². The van der Waals surface area contributed by atoms with Gasteiger partial charge in [-0.2, -0.15) is 0 Å². The number of amides is 1. The summed E-state index contributed by atoms with van der Waals surface area (Å²) < 4.78 is 0. The van der Waals surface area contributed by atoms with E-state index in [-0.39, 0.29) is 12.6 Å². The van der Waals surface area contributed by atoms with Gasteiger partial charge >= 0.3 is 5.97 Å². The second kappa shape index (κ2) is 6.89. The van der Waals surface area contributed by atoms with E-state index in [4.69, 9.17) is 10.8 Å². The van der Waals surface area contributed by atoms with E-state index in [0.29, 0.717) is 12.1 Å². The Labute approximate surface area is 113 Å². The van der Waals surface area contributed by atoms with Crippen LogP contribution in [0.1, 0.15) is 36.2 Å². The van der Waals surface area contributed by atoms with Gasteiger partial charge in [-0.15, -0.1) is 0 Å². The predicted molar refractivity (Wildman–Crippen MR) is 72.8 cm³/mol. The highest BCUT2D eigenvalue weighted by atomic mass is 16.4. The fraction of sp³-hybridized carbons (Fsp3) is 0.429. The molecule has 1 aromatic rings. The number of primary amides is 1. The zero-order chi connectivity index (χ0) is 14.4. The number of rotatable bonds is 7. The molecule has 19 heavy (non-hydrogen) atoms. The summed E-state index contributed by atoms with van der Waals surface area (Å²) in [6, 6.07) is 7.14. The number of nitrogens with two attached hydrogens (primary N) is 1. The van der Waals surface area contributed by atoms with Crippen molar-refractivity contribution < 1.29 is 14.7 Å². The molecule has 5 heteroatoms.